The average Bonchev–Trinajstić information content (AvgIpc) is 3.04. The molecule has 1 amide bonds. The molecular weight excluding hydrogens is 358 g/mol. The van der Waals surface area contributed by atoms with Gasteiger partial charge in [0, 0.05) is 17.8 Å². The molecule has 3 aromatic heterocycles. The number of fused-ring (bicyclic) bond motifs is 2. The quantitative estimate of drug-likeness (QED) is 0.601. The number of hydrogen-bond acceptors (Lipinski definition) is 4. The van der Waals surface area contributed by atoms with Crippen LogP contribution in [0, 0.1) is 0 Å². The summed E-state index contributed by atoms with van der Waals surface area (Å²) in [7, 11) is 0. The summed E-state index contributed by atoms with van der Waals surface area (Å²) in [4.78, 5) is 30.4. The van der Waals surface area contributed by atoms with E-state index in [4.69, 9.17) is 11.6 Å². The molecule has 25 heavy (non-hydrogen) atoms. The Bertz CT molecular complexity index is 1170. The Kier molecular flexibility index (Phi) is 3.99. The third-order valence-electron chi connectivity index (χ3n) is 3.78. The minimum Gasteiger partial charge on any atom is -0.347 e. The van der Waals surface area contributed by atoms with Gasteiger partial charge in [0.2, 0.25) is 0 Å². The zero-order valence-electron chi connectivity index (χ0n) is 12.9. The Morgan fingerprint density at radius 3 is 2.92 bits per heavy atom. The first kappa shape index (κ1) is 15.8. The summed E-state index contributed by atoms with van der Waals surface area (Å²) >= 11 is 7.15. The van der Waals surface area contributed by atoms with Crippen LogP contribution in [0.1, 0.15) is 15.2 Å². The van der Waals surface area contributed by atoms with E-state index in [2.05, 4.69) is 10.3 Å². The lowest BCUT2D eigenvalue weighted by Gasteiger charge is -2.03. The van der Waals surface area contributed by atoms with Gasteiger partial charge in [-0.25, -0.2) is 4.98 Å². The van der Waals surface area contributed by atoms with Crippen LogP contribution in [0.15, 0.2) is 59.5 Å². The van der Waals surface area contributed by atoms with Gasteiger partial charge in [0.1, 0.15) is 10.5 Å². The van der Waals surface area contributed by atoms with Gasteiger partial charge < -0.3 is 5.32 Å². The predicted molar refractivity (Wildman–Crippen MR) is 99.5 cm³/mol. The second kappa shape index (κ2) is 6.31. The molecule has 0 saturated carbocycles. The Balaban J connectivity index is 1.65. The largest absolute Gasteiger partial charge is 0.347 e. The van der Waals surface area contributed by atoms with Gasteiger partial charge in [0.15, 0.2) is 0 Å². The van der Waals surface area contributed by atoms with Crippen molar-refractivity contribution in [2.24, 2.45) is 0 Å². The highest BCUT2D eigenvalue weighted by molar-refractivity contribution is 7.20. The summed E-state index contributed by atoms with van der Waals surface area (Å²) in [5.41, 5.74) is 1.30. The molecule has 124 valence electrons. The van der Waals surface area contributed by atoms with Crippen molar-refractivity contribution in [3.8, 4) is 0 Å². The minimum atomic E-state index is -0.239. The van der Waals surface area contributed by atoms with E-state index in [-0.39, 0.29) is 11.5 Å². The molecule has 1 N–H and O–H groups in total. The van der Waals surface area contributed by atoms with Crippen LogP contribution in [-0.4, -0.2) is 15.3 Å². The molecule has 0 unspecified atom stereocenters. The second-order valence-electron chi connectivity index (χ2n) is 5.49. The highest BCUT2D eigenvalue weighted by atomic mass is 35.5. The van der Waals surface area contributed by atoms with Crippen molar-refractivity contribution >= 4 is 44.7 Å². The van der Waals surface area contributed by atoms with Gasteiger partial charge in [-0.15, -0.1) is 11.3 Å². The van der Waals surface area contributed by atoms with Crippen LogP contribution < -0.4 is 10.9 Å². The number of thiophene rings is 1. The highest BCUT2D eigenvalue weighted by Crippen LogP contribution is 2.22. The first-order chi connectivity index (χ1) is 12.1. The smallest absolute Gasteiger partial charge is 0.266 e. The molecule has 0 saturated heterocycles. The molecule has 5 nitrogen and oxygen atoms in total. The number of halogens is 1. The van der Waals surface area contributed by atoms with Crippen LogP contribution in [0.3, 0.4) is 0 Å². The zero-order valence-corrected chi connectivity index (χ0v) is 14.5. The van der Waals surface area contributed by atoms with Crippen LogP contribution in [-0.2, 0) is 6.54 Å². The first-order valence-electron chi connectivity index (χ1n) is 7.55. The van der Waals surface area contributed by atoms with Gasteiger partial charge in [0.25, 0.3) is 11.5 Å². The number of aromatic nitrogens is 2. The molecule has 0 aliphatic rings. The maximum Gasteiger partial charge on any atom is 0.266 e. The SMILES string of the molecule is O=C(NCc1cccc(Cl)c1)c1cc2c(=O)n3ccccc3nc2s1. The normalized spacial score (nSPS) is 11.1. The van der Waals surface area contributed by atoms with E-state index in [1.807, 2.05) is 18.2 Å². The lowest BCUT2D eigenvalue weighted by Crippen LogP contribution is -2.21. The third kappa shape index (κ3) is 3.01. The van der Waals surface area contributed by atoms with Crippen LogP contribution >= 0.6 is 22.9 Å². The van der Waals surface area contributed by atoms with Gasteiger partial charge in [0.05, 0.1) is 10.3 Å². The van der Waals surface area contributed by atoms with Gasteiger partial charge in [-0.05, 0) is 35.9 Å². The van der Waals surface area contributed by atoms with Crippen molar-refractivity contribution in [2.75, 3.05) is 0 Å². The van der Waals surface area contributed by atoms with Gasteiger partial charge >= 0.3 is 0 Å². The maximum atomic E-state index is 12.5. The Hall–Kier alpha value is -2.70. The molecule has 0 atom stereocenters. The predicted octanol–water partition coefficient (Wildman–Crippen LogP) is 3.49. The monoisotopic (exact) mass is 369 g/mol. The fourth-order valence-electron chi connectivity index (χ4n) is 2.58. The maximum absolute atomic E-state index is 12.5. The summed E-state index contributed by atoms with van der Waals surface area (Å²) in [6.07, 6.45) is 1.67. The molecule has 4 aromatic rings. The molecule has 0 bridgehead atoms. The standard InChI is InChI=1S/C18H12ClN3O2S/c19-12-5-3-4-11(8-12)10-20-16(23)14-9-13-17(25-14)21-15-6-1-2-7-22(15)18(13)24/h1-9H,10H2,(H,20,23). The van der Waals surface area contributed by atoms with E-state index in [1.165, 1.54) is 15.7 Å². The number of rotatable bonds is 3. The fraction of sp³-hybridized carbons (Fsp3) is 0.0556. The van der Waals surface area contributed by atoms with Crippen molar-refractivity contribution in [1.29, 1.82) is 0 Å². The molecule has 0 aliphatic carbocycles. The lowest BCUT2D eigenvalue weighted by atomic mass is 10.2. The van der Waals surface area contributed by atoms with Crippen molar-refractivity contribution in [1.82, 2.24) is 14.7 Å². The van der Waals surface area contributed by atoms with Crippen molar-refractivity contribution in [2.45, 2.75) is 6.54 Å². The number of hydrogen-bond donors (Lipinski definition) is 1. The van der Waals surface area contributed by atoms with Gasteiger partial charge in [-0.1, -0.05) is 29.8 Å². The fourth-order valence-corrected chi connectivity index (χ4v) is 3.73. The summed E-state index contributed by atoms with van der Waals surface area (Å²) in [6, 6.07) is 14.3. The zero-order chi connectivity index (χ0) is 17.4. The molecule has 0 aliphatic heterocycles. The van der Waals surface area contributed by atoms with Crippen molar-refractivity contribution in [3.05, 3.63) is 80.5 Å². The topological polar surface area (TPSA) is 63.5 Å². The number of carbonyl (C=O) groups is 1. The molecule has 0 spiro atoms. The van der Waals surface area contributed by atoms with E-state index in [0.717, 1.165) is 5.56 Å². The number of benzene rings is 1. The van der Waals surface area contributed by atoms with Crippen molar-refractivity contribution < 1.29 is 4.79 Å². The van der Waals surface area contributed by atoms with Crippen LogP contribution in [0.5, 0.6) is 0 Å². The average molecular weight is 370 g/mol. The molecule has 4 rings (SSSR count). The van der Waals surface area contributed by atoms with Crippen LogP contribution in [0.25, 0.3) is 15.9 Å². The Morgan fingerprint density at radius 1 is 1.20 bits per heavy atom. The molecule has 0 fully saturated rings. The minimum absolute atomic E-state index is 0.175. The summed E-state index contributed by atoms with van der Waals surface area (Å²) in [6.45, 7) is 0.363. The second-order valence-corrected chi connectivity index (χ2v) is 6.95. The first-order valence-corrected chi connectivity index (χ1v) is 8.75. The summed E-state index contributed by atoms with van der Waals surface area (Å²) < 4.78 is 1.47. The Morgan fingerprint density at radius 2 is 2.08 bits per heavy atom. The number of pyridine rings is 1. The van der Waals surface area contributed by atoms with E-state index >= 15 is 0 Å². The molecule has 3 heterocycles. The third-order valence-corrected chi connectivity index (χ3v) is 5.04. The Labute approximate surface area is 151 Å². The molecular formula is C18H12ClN3O2S. The van der Waals surface area contributed by atoms with Gasteiger partial charge in [-0.2, -0.15) is 0 Å². The highest BCUT2D eigenvalue weighted by Gasteiger charge is 2.14. The van der Waals surface area contributed by atoms with Gasteiger partial charge in [-0.3, -0.25) is 14.0 Å². The van der Waals surface area contributed by atoms with Crippen LogP contribution in [0.2, 0.25) is 5.02 Å². The van der Waals surface area contributed by atoms with Crippen molar-refractivity contribution in [3.63, 3.8) is 0 Å². The number of carbonyl (C=O) groups excluding carboxylic acids is 1. The van der Waals surface area contributed by atoms with E-state index in [1.54, 1.807) is 36.5 Å². The van der Waals surface area contributed by atoms with E-state index in [9.17, 15) is 9.59 Å². The number of nitrogens with zero attached hydrogens (tertiary/aromatic N) is 2. The molecule has 7 heteroatoms. The van der Waals surface area contributed by atoms with E-state index < -0.39 is 0 Å². The lowest BCUT2D eigenvalue weighted by molar-refractivity contribution is 0.0955. The number of amides is 1. The van der Waals surface area contributed by atoms with E-state index in [0.29, 0.717) is 32.3 Å². The molecule has 1 aromatic carbocycles. The summed E-state index contributed by atoms with van der Waals surface area (Å²) in [5, 5.41) is 3.91. The molecule has 0 radical (unpaired) electrons. The van der Waals surface area contributed by atoms with Crippen LogP contribution in [0.4, 0.5) is 0 Å². The summed E-state index contributed by atoms with van der Waals surface area (Å²) in [5.74, 6) is -0.239. The number of nitrogens with one attached hydrogen (secondary N) is 1.